The molecule has 132 valence electrons. The van der Waals surface area contributed by atoms with Gasteiger partial charge in [-0.3, -0.25) is 9.59 Å². The number of aryl methyl sites for hydroxylation is 2. The maximum absolute atomic E-state index is 12.4. The zero-order valence-corrected chi connectivity index (χ0v) is 15.3. The van der Waals surface area contributed by atoms with Gasteiger partial charge in [-0.25, -0.2) is 0 Å². The number of hydrogen-bond acceptors (Lipinski definition) is 4. The molecule has 0 aliphatic carbocycles. The smallest absolute Gasteiger partial charge is 0.289 e. The monoisotopic (exact) mass is 358 g/mol. The average Bonchev–Trinajstić information content (AvgIpc) is 3.15. The van der Waals surface area contributed by atoms with E-state index >= 15 is 0 Å². The van der Waals surface area contributed by atoms with Crippen molar-refractivity contribution in [3.05, 3.63) is 53.5 Å². The Morgan fingerprint density at radius 2 is 1.80 bits per heavy atom. The van der Waals surface area contributed by atoms with Crippen LogP contribution in [0.1, 0.15) is 21.7 Å². The van der Waals surface area contributed by atoms with E-state index < -0.39 is 0 Å². The molecule has 1 aliphatic heterocycles. The van der Waals surface area contributed by atoms with Gasteiger partial charge in [0.15, 0.2) is 5.76 Å². The second-order valence-corrected chi connectivity index (χ2v) is 7.23. The van der Waals surface area contributed by atoms with Crippen molar-refractivity contribution in [2.45, 2.75) is 18.7 Å². The van der Waals surface area contributed by atoms with Gasteiger partial charge in [0.25, 0.3) is 5.91 Å². The summed E-state index contributed by atoms with van der Waals surface area (Å²) in [5.74, 6) is 0.790. The lowest BCUT2D eigenvalue weighted by Gasteiger charge is -2.34. The Hall–Kier alpha value is -2.21. The number of carbonyl (C=O) groups is 2. The van der Waals surface area contributed by atoms with Crippen LogP contribution in [-0.2, 0) is 4.79 Å². The Morgan fingerprint density at radius 1 is 1.08 bits per heavy atom. The average molecular weight is 358 g/mol. The minimum atomic E-state index is -0.109. The Kier molecular flexibility index (Phi) is 5.48. The molecule has 1 aromatic carbocycles. The van der Waals surface area contributed by atoms with Crippen LogP contribution in [0.15, 0.2) is 45.9 Å². The van der Waals surface area contributed by atoms with Crippen LogP contribution in [0.4, 0.5) is 0 Å². The van der Waals surface area contributed by atoms with E-state index in [2.05, 4.69) is 32.0 Å². The van der Waals surface area contributed by atoms with E-state index in [1.54, 1.807) is 28.8 Å². The van der Waals surface area contributed by atoms with Crippen LogP contribution in [0.25, 0.3) is 0 Å². The quantitative estimate of drug-likeness (QED) is 0.789. The Labute approximate surface area is 152 Å². The maximum Gasteiger partial charge on any atom is 0.289 e. The van der Waals surface area contributed by atoms with Crippen molar-refractivity contribution in [2.75, 3.05) is 31.9 Å². The van der Waals surface area contributed by atoms with Gasteiger partial charge in [-0.05, 0) is 37.6 Å². The molecule has 25 heavy (non-hydrogen) atoms. The molecule has 0 unspecified atom stereocenters. The van der Waals surface area contributed by atoms with Crippen LogP contribution < -0.4 is 0 Å². The molecule has 1 aliphatic rings. The predicted molar refractivity (Wildman–Crippen MR) is 97.8 cm³/mol. The summed E-state index contributed by atoms with van der Waals surface area (Å²) in [5.41, 5.74) is 2.43. The lowest BCUT2D eigenvalue weighted by Crippen LogP contribution is -2.51. The number of thioether (sulfide) groups is 1. The van der Waals surface area contributed by atoms with Gasteiger partial charge in [-0.1, -0.05) is 17.7 Å². The molecule has 6 heteroatoms. The molecule has 0 spiro atoms. The highest BCUT2D eigenvalue weighted by atomic mass is 32.2. The van der Waals surface area contributed by atoms with E-state index in [0.717, 1.165) is 4.90 Å². The van der Waals surface area contributed by atoms with Gasteiger partial charge < -0.3 is 14.2 Å². The third kappa shape index (κ3) is 4.25. The Morgan fingerprint density at radius 3 is 2.44 bits per heavy atom. The zero-order chi connectivity index (χ0) is 17.8. The first-order chi connectivity index (χ1) is 12.0. The number of nitrogens with zero attached hydrogens (tertiary/aromatic N) is 2. The minimum absolute atomic E-state index is 0.109. The summed E-state index contributed by atoms with van der Waals surface area (Å²) in [6.45, 7) is 6.35. The number of hydrogen-bond donors (Lipinski definition) is 0. The fourth-order valence-electron chi connectivity index (χ4n) is 2.91. The summed E-state index contributed by atoms with van der Waals surface area (Å²) in [5, 5.41) is 0. The van der Waals surface area contributed by atoms with Crippen LogP contribution in [-0.4, -0.2) is 53.5 Å². The van der Waals surface area contributed by atoms with Gasteiger partial charge in [0.05, 0.1) is 12.0 Å². The van der Waals surface area contributed by atoms with Gasteiger partial charge in [0.1, 0.15) is 0 Å². The van der Waals surface area contributed by atoms with Crippen molar-refractivity contribution in [1.82, 2.24) is 9.80 Å². The standard InChI is InChI=1S/C19H22N2O3S/c1-14-5-6-17(15(2)12-14)25-13-18(22)20-7-9-21(10-8-20)19(23)16-4-3-11-24-16/h3-6,11-12H,7-10,13H2,1-2H3. The molecular weight excluding hydrogens is 336 g/mol. The highest BCUT2D eigenvalue weighted by Gasteiger charge is 2.25. The molecule has 0 atom stereocenters. The molecular formula is C19H22N2O3S. The number of piperazine rings is 1. The third-order valence-corrected chi connectivity index (χ3v) is 5.49. The fraction of sp³-hybridized carbons (Fsp3) is 0.368. The van der Waals surface area contributed by atoms with E-state index in [1.165, 1.54) is 17.4 Å². The number of benzene rings is 1. The molecule has 1 fully saturated rings. The van der Waals surface area contributed by atoms with Crippen molar-refractivity contribution in [3.8, 4) is 0 Å². The van der Waals surface area contributed by atoms with E-state index in [-0.39, 0.29) is 11.8 Å². The van der Waals surface area contributed by atoms with Crippen LogP contribution in [0.2, 0.25) is 0 Å². The Balaban J connectivity index is 1.49. The molecule has 2 aromatic rings. The molecule has 0 N–H and O–H groups in total. The summed E-state index contributed by atoms with van der Waals surface area (Å²) in [4.78, 5) is 29.4. The first-order valence-electron chi connectivity index (χ1n) is 8.35. The lowest BCUT2D eigenvalue weighted by molar-refractivity contribution is -0.129. The lowest BCUT2D eigenvalue weighted by atomic mass is 10.2. The molecule has 1 saturated heterocycles. The second kappa shape index (κ2) is 7.78. The van der Waals surface area contributed by atoms with Crippen molar-refractivity contribution in [1.29, 1.82) is 0 Å². The molecule has 1 aromatic heterocycles. The van der Waals surface area contributed by atoms with Crippen molar-refractivity contribution in [2.24, 2.45) is 0 Å². The number of furan rings is 1. The predicted octanol–water partition coefficient (Wildman–Crippen LogP) is 2.97. The van der Waals surface area contributed by atoms with E-state index in [4.69, 9.17) is 4.42 Å². The summed E-state index contributed by atoms with van der Waals surface area (Å²) in [7, 11) is 0. The molecule has 3 rings (SSSR count). The van der Waals surface area contributed by atoms with Gasteiger partial charge in [-0.2, -0.15) is 0 Å². The largest absolute Gasteiger partial charge is 0.459 e. The highest BCUT2D eigenvalue weighted by molar-refractivity contribution is 8.00. The van der Waals surface area contributed by atoms with Gasteiger partial charge in [0, 0.05) is 31.1 Å². The van der Waals surface area contributed by atoms with Crippen LogP contribution in [0, 0.1) is 13.8 Å². The highest BCUT2D eigenvalue weighted by Crippen LogP contribution is 2.23. The zero-order valence-electron chi connectivity index (χ0n) is 14.5. The van der Waals surface area contributed by atoms with Gasteiger partial charge in [0.2, 0.25) is 5.91 Å². The molecule has 2 amide bonds. The number of rotatable bonds is 4. The van der Waals surface area contributed by atoms with E-state index in [1.807, 2.05) is 4.90 Å². The van der Waals surface area contributed by atoms with Crippen LogP contribution in [0.5, 0.6) is 0 Å². The summed E-state index contributed by atoms with van der Waals surface area (Å²) in [6.07, 6.45) is 1.50. The molecule has 0 bridgehead atoms. The Bertz CT molecular complexity index is 750. The van der Waals surface area contributed by atoms with Crippen molar-refractivity contribution >= 4 is 23.6 Å². The second-order valence-electron chi connectivity index (χ2n) is 6.21. The van der Waals surface area contributed by atoms with Crippen molar-refractivity contribution in [3.63, 3.8) is 0 Å². The van der Waals surface area contributed by atoms with Crippen LogP contribution in [0.3, 0.4) is 0 Å². The van der Waals surface area contributed by atoms with E-state index in [9.17, 15) is 9.59 Å². The molecule has 0 radical (unpaired) electrons. The van der Waals surface area contributed by atoms with Gasteiger partial charge >= 0.3 is 0 Å². The topological polar surface area (TPSA) is 53.8 Å². The summed E-state index contributed by atoms with van der Waals surface area (Å²) >= 11 is 1.58. The third-order valence-electron chi connectivity index (χ3n) is 4.33. The first-order valence-corrected chi connectivity index (χ1v) is 9.34. The summed E-state index contributed by atoms with van der Waals surface area (Å²) in [6, 6.07) is 9.64. The number of carbonyl (C=O) groups excluding carboxylic acids is 2. The molecule has 0 saturated carbocycles. The number of amides is 2. The molecule has 2 heterocycles. The SMILES string of the molecule is Cc1ccc(SCC(=O)N2CCN(C(=O)c3ccco3)CC2)c(C)c1. The molecule has 5 nitrogen and oxygen atoms in total. The minimum Gasteiger partial charge on any atom is -0.459 e. The van der Waals surface area contributed by atoms with Gasteiger partial charge in [-0.15, -0.1) is 11.8 Å². The maximum atomic E-state index is 12.4. The normalized spacial score (nSPS) is 14.6. The van der Waals surface area contributed by atoms with E-state index in [0.29, 0.717) is 37.7 Å². The summed E-state index contributed by atoms with van der Waals surface area (Å²) < 4.78 is 5.15. The van der Waals surface area contributed by atoms with Crippen LogP contribution >= 0.6 is 11.8 Å². The van der Waals surface area contributed by atoms with Crippen molar-refractivity contribution < 1.29 is 14.0 Å². The fourth-order valence-corrected chi connectivity index (χ4v) is 3.82. The first kappa shape index (κ1) is 17.6.